The van der Waals surface area contributed by atoms with Gasteiger partial charge in [0.05, 0.1) is 18.2 Å². The van der Waals surface area contributed by atoms with Gasteiger partial charge in [0.15, 0.2) is 9.84 Å². The van der Waals surface area contributed by atoms with E-state index in [-0.39, 0.29) is 30.0 Å². The monoisotopic (exact) mass is 258 g/mol. The van der Waals surface area contributed by atoms with Crippen LogP contribution in [0.1, 0.15) is 13.3 Å². The normalized spacial score (nSPS) is 31.5. The number of likely N-dealkylation sites (N-methyl/N-ethyl adjacent to an activating group) is 1. The molecule has 1 fully saturated rings. The Morgan fingerprint density at radius 3 is 2.65 bits per heavy atom. The van der Waals surface area contributed by atoms with Gasteiger partial charge in [0.2, 0.25) is 11.8 Å². The fourth-order valence-electron chi connectivity index (χ4n) is 2.08. The molecule has 2 amide bonds. The van der Waals surface area contributed by atoms with E-state index in [1.54, 1.807) is 6.92 Å². The molecule has 0 aliphatic carbocycles. The summed E-state index contributed by atoms with van der Waals surface area (Å²) in [7, 11) is -3.14. The van der Waals surface area contributed by atoms with Gasteiger partial charge >= 0.3 is 0 Å². The molecule has 0 spiro atoms. The molecule has 0 aromatic rings. The summed E-state index contributed by atoms with van der Waals surface area (Å²) >= 11 is 0. The molecule has 0 saturated carbocycles. The predicted molar refractivity (Wildman–Crippen MR) is 60.6 cm³/mol. The lowest BCUT2D eigenvalue weighted by atomic mass is 10.2. The van der Waals surface area contributed by atoms with E-state index < -0.39 is 15.9 Å². The third-order valence-electron chi connectivity index (χ3n) is 2.91. The van der Waals surface area contributed by atoms with Crippen LogP contribution in [0.15, 0.2) is 11.5 Å². The zero-order chi connectivity index (χ0) is 12.6. The maximum atomic E-state index is 11.8. The summed E-state index contributed by atoms with van der Waals surface area (Å²) in [6, 6.07) is -0.969. The van der Waals surface area contributed by atoms with Gasteiger partial charge in [-0.3, -0.25) is 19.8 Å². The highest BCUT2D eigenvalue weighted by molar-refractivity contribution is 7.94. The summed E-state index contributed by atoms with van der Waals surface area (Å²) in [5.41, 5.74) is 0. The molecule has 17 heavy (non-hydrogen) atoms. The molecule has 0 aromatic heterocycles. The molecular weight excluding hydrogens is 244 g/mol. The average Bonchev–Trinajstić information content (AvgIpc) is 2.69. The van der Waals surface area contributed by atoms with E-state index >= 15 is 0 Å². The number of imide groups is 1. The van der Waals surface area contributed by atoms with Gasteiger partial charge in [-0.05, 0) is 6.92 Å². The third kappa shape index (κ3) is 2.39. The molecule has 7 heteroatoms. The van der Waals surface area contributed by atoms with Crippen LogP contribution in [0.5, 0.6) is 0 Å². The van der Waals surface area contributed by atoms with E-state index in [1.807, 2.05) is 0 Å². The molecule has 6 nitrogen and oxygen atoms in total. The van der Waals surface area contributed by atoms with Crippen LogP contribution in [0, 0.1) is 0 Å². The fraction of sp³-hybridized carbons (Fsp3) is 0.600. The SMILES string of the molecule is CCN1C(=O)CC(NC2C=CS(=O)(=O)C2)C1=O. The van der Waals surface area contributed by atoms with Crippen molar-refractivity contribution in [2.75, 3.05) is 12.3 Å². The Morgan fingerprint density at radius 2 is 2.18 bits per heavy atom. The summed E-state index contributed by atoms with van der Waals surface area (Å²) in [4.78, 5) is 24.4. The minimum absolute atomic E-state index is 0.0445. The highest BCUT2D eigenvalue weighted by Crippen LogP contribution is 2.15. The average molecular weight is 258 g/mol. The number of hydrogen-bond donors (Lipinski definition) is 1. The minimum Gasteiger partial charge on any atom is -0.298 e. The Kier molecular flexibility index (Phi) is 3.05. The lowest BCUT2D eigenvalue weighted by Crippen LogP contribution is -2.44. The van der Waals surface area contributed by atoms with Crippen molar-refractivity contribution in [1.82, 2.24) is 10.2 Å². The molecule has 94 valence electrons. The molecule has 2 rings (SSSR count). The molecule has 2 aliphatic heterocycles. The highest BCUT2D eigenvalue weighted by atomic mass is 32.2. The Morgan fingerprint density at radius 1 is 1.47 bits per heavy atom. The molecule has 1 saturated heterocycles. The third-order valence-corrected chi connectivity index (χ3v) is 4.30. The van der Waals surface area contributed by atoms with E-state index in [0.717, 1.165) is 5.41 Å². The topological polar surface area (TPSA) is 83.6 Å². The lowest BCUT2D eigenvalue weighted by Gasteiger charge is -2.15. The van der Waals surface area contributed by atoms with Crippen molar-refractivity contribution >= 4 is 21.7 Å². The highest BCUT2D eigenvalue weighted by Gasteiger charge is 2.39. The molecule has 2 aliphatic rings. The van der Waals surface area contributed by atoms with Gasteiger partial charge in [0, 0.05) is 18.0 Å². The maximum Gasteiger partial charge on any atom is 0.246 e. The van der Waals surface area contributed by atoms with Gasteiger partial charge in [0.1, 0.15) is 0 Å². The Bertz CT molecular complexity index is 483. The van der Waals surface area contributed by atoms with E-state index in [1.165, 1.54) is 11.0 Å². The predicted octanol–water partition coefficient (Wildman–Crippen LogP) is -0.966. The molecule has 0 aromatic carbocycles. The van der Waals surface area contributed by atoms with Crippen molar-refractivity contribution in [3.63, 3.8) is 0 Å². The first-order valence-electron chi connectivity index (χ1n) is 5.44. The first-order chi connectivity index (χ1) is 7.93. The van der Waals surface area contributed by atoms with Crippen LogP contribution in [0.3, 0.4) is 0 Å². The van der Waals surface area contributed by atoms with Gasteiger partial charge in [-0.25, -0.2) is 8.42 Å². The van der Waals surface area contributed by atoms with Gasteiger partial charge < -0.3 is 0 Å². The maximum absolute atomic E-state index is 11.8. The summed E-state index contributed by atoms with van der Waals surface area (Å²) in [5.74, 6) is -0.521. The van der Waals surface area contributed by atoms with Crippen LogP contribution >= 0.6 is 0 Å². The lowest BCUT2D eigenvalue weighted by molar-refractivity contribution is -0.138. The second-order valence-corrected chi connectivity index (χ2v) is 6.10. The van der Waals surface area contributed by atoms with Crippen LogP contribution in [-0.2, 0) is 19.4 Å². The molecule has 2 heterocycles. The number of likely N-dealkylation sites (tertiary alicyclic amines) is 1. The number of carbonyl (C=O) groups is 2. The van der Waals surface area contributed by atoms with Crippen LogP contribution in [0.4, 0.5) is 0 Å². The second kappa shape index (κ2) is 4.23. The van der Waals surface area contributed by atoms with Gasteiger partial charge in [0.25, 0.3) is 0 Å². The summed E-state index contributed by atoms with van der Waals surface area (Å²) in [6.45, 7) is 2.09. The zero-order valence-corrected chi connectivity index (χ0v) is 10.2. The zero-order valence-electron chi connectivity index (χ0n) is 9.42. The van der Waals surface area contributed by atoms with Crippen molar-refractivity contribution in [3.05, 3.63) is 11.5 Å². The molecule has 2 unspecified atom stereocenters. The second-order valence-electron chi connectivity index (χ2n) is 4.16. The van der Waals surface area contributed by atoms with Crippen LogP contribution in [0.25, 0.3) is 0 Å². The van der Waals surface area contributed by atoms with Crippen molar-refractivity contribution in [2.24, 2.45) is 0 Å². The molecule has 0 radical (unpaired) electrons. The number of nitrogens with zero attached hydrogens (tertiary/aromatic N) is 1. The first-order valence-corrected chi connectivity index (χ1v) is 7.15. The van der Waals surface area contributed by atoms with Crippen LogP contribution in [0.2, 0.25) is 0 Å². The largest absolute Gasteiger partial charge is 0.298 e. The smallest absolute Gasteiger partial charge is 0.246 e. The van der Waals surface area contributed by atoms with Crippen molar-refractivity contribution in [1.29, 1.82) is 0 Å². The van der Waals surface area contributed by atoms with Crippen LogP contribution in [-0.4, -0.2) is 49.5 Å². The quantitative estimate of drug-likeness (QED) is 0.659. The number of amides is 2. The Labute approximate surface area is 99.6 Å². The number of carbonyl (C=O) groups excluding carboxylic acids is 2. The van der Waals surface area contributed by atoms with Gasteiger partial charge in [-0.2, -0.15) is 0 Å². The molecule has 2 atom stereocenters. The summed E-state index contributed by atoms with van der Waals surface area (Å²) in [6.07, 6.45) is 1.62. The van der Waals surface area contributed by atoms with Crippen molar-refractivity contribution in [3.8, 4) is 0 Å². The van der Waals surface area contributed by atoms with Crippen LogP contribution < -0.4 is 5.32 Å². The fourth-order valence-corrected chi connectivity index (χ4v) is 3.33. The van der Waals surface area contributed by atoms with Gasteiger partial charge in [-0.1, -0.05) is 6.08 Å². The molecule has 1 N–H and O–H groups in total. The minimum atomic E-state index is -3.14. The summed E-state index contributed by atoms with van der Waals surface area (Å²) in [5, 5.41) is 4.04. The van der Waals surface area contributed by atoms with E-state index in [9.17, 15) is 18.0 Å². The van der Waals surface area contributed by atoms with Crippen molar-refractivity contribution in [2.45, 2.75) is 25.4 Å². The number of sulfone groups is 1. The van der Waals surface area contributed by atoms with Gasteiger partial charge in [-0.15, -0.1) is 0 Å². The standard InChI is InChI=1S/C10H14N2O4S/c1-2-12-9(13)5-8(10(12)14)11-7-3-4-17(15,16)6-7/h3-4,7-8,11H,2,5-6H2,1H3. The first kappa shape index (κ1) is 12.3. The van der Waals surface area contributed by atoms with E-state index in [4.69, 9.17) is 0 Å². The van der Waals surface area contributed by atoms with E-state index in [2.05, 4.69) is 5.32 Å². The molecule has 0 bridgehead atoms. The van der Waals surface area contributed by atoms with E-state index in [0.29, 0.717) is 6.54 Å². The van der Waals surface area contributed by atoms with Crippen molar-refractivity contribution < 1.29 is 18.0 Å². The Balaban J connectivity index is 2.00. The Hall–Kier alpha value is -1.21. The number of hydrogen-bond acceptors (Lipinski definition) is 5. The summed E-state index contributed by atoms with van der Waals surface area (Å²) < 4.78 is 22.4. The number of nitrogens with one attached hydrogen (secondary N) is 1. The molecular formula is C10H14N2O4S. The number of rotatable bonds is 3.